The van der Waals surface area contributed by atoms with Crippen LogP contribution in [-0.4, -0.2) is 63.7 Å². The van der Waals surface area contributed by atoms with Gasteiger partial charge < -0.3 is 29.4 Å². The van der Waals surface area contributed by atoms with Gasteiger partial charge in [0, 0.05) is 27.1 Å². The van der Waals surface area contributed by atoms with Crippen molar-refractivity contribution < 1.29 is 18.7 Å². The van der Waals surface area contributed by atoms with Crippen molar-refractivity contribution in [3.63, 3.8) is 0 Å². The predicted octanol–water partition coefficient (Wildman–Crippen LogP) is 2.54. The molecule has 2 N–H and O–H groups in total. The van der Waals surface area contributed by atoms with E-state index in [0.29, 0.717) is 37.0 Å². The Labute approximate surface area is 195 Å². The van der Waals surface area contributed by atoms with Gasteiger partial charge >= 0.3 is 0 Å². The zero-order chi connectivity index (χ0) is 21.1. The second-order valence-corrected chi connectivity index (χ2v) is 6.67. The van der Waals surface area contributed by atoms with Gasteiger partial charge in [-0.15, -0.1) is 24.0 Å². The number of halogens is 1. The Morgan fingerprint density at radius 1 is 1.17 bits per heavy atom. The number of amides is 1. The molecule has 30 heavy (non-hydrogen) atoms. The molecule has 9 heteroatoms. The van der Waals surface area contributed by atoms with Crippen LogP contribution in [-0.2, 0) is 11.2 Å². The standard InChI is InChI=1S/C21H30N4O4.HI/c1-16(29-19-10-6-5-9-18(19)27-4)14-23-21(24-15-20(26)25(2)3)22-12-11-17-8-7-13-28-17;/h5-10,13,16H,11-12,14-15H2,1-4H3,(H2,22,23,24);1H. The molecule has 1 unspecified atom stereocenters. The van der Waals surface area contributed by atoms with Crippen molar-refractivity contribution in [2.45, 2.75) is 19.4 Å². The van der Waals surface area contributed by atoms with Gasteiger partial charge in [-0.05, 0) is 31.2 Å². The number of furan rings is 1. The van der Waals surface area contributed by atoms with Crippen LogP contribution in [0.25, 0.3) is 0 Å². The minimum atomic E-state index is -0.145. The second kappa shape index (κ2) is 13.7. The van der Waals surface area contributed by atoms with Gasteiger partial charge in [0.25, 0.3) is 0 Å². The lowest BCUT2D eigenvalue weighted by atomic mass is 10.3. The third kappa shape index (κ3) is 8.93. The summed E-state index contributed by atoms with van der Waals surface area (Å²) < 4.78 is 16.6. The van der Waals surface area contributed by atoms with Gasteiger partial charge in [-0.2, -0.15) is 0 Å². The molecule has 0 spiro atoms. The number of benzene rings is 1. The van der Waals surface area contributed by atoms with E-state index in [1.165, 1.54) is 4.90 Å². The average Bonchev–Trinajstić information content (AvgIpc) is 3.23. The van der Waals surface area contributed by atoms with E-state index in [0.717, 1.165) is 5.76 Å². The third-order valence-electron chi connectivity index (χ3n) is 4.07. The van der Waals surface area contributed by atoms with Crippen LogP contribution in [0.2, 0.25) is 0 Å². The van der Waals surface area contributed by atoms with Gasteiger partial charge in [0.1, 0.15) is 18.4 Å². The van der Waals surface area contributed by atoms with Gasteiger partial charge in [0.2, 0.25) is 5.91 Å². The molecule has 0 bridgehead atoms. The fourth-order valence-electron chi connectivity index (χ4n) is 2.44. The smallest absolute Gasteiger partial charge is 0.243 e. The van der Waals surface area contributed by atoms with Crippen molar-refractivity contribution in [1.29, 1.82) is 0 Å². The fraction of sp³-hybridized carbons (Fsp3) is 0.429. The molecule has 0 saturated heterocycles. The number of para-hydroxylation sites is 2. The highest BCUT2D eigenvalue weighted by Gasteiger charge is 2.10. The van der Waals surface area contributed by atoms with Crippen molar-refractivity contribution in [3.8, 4) is 11.5 Å². The molecule has 0 radical (unpaired) electrons. The number of nitrogens with zero attached hydrogens (tertiary/aromatic N) is 2. The first-order valence-corrected chi connectivity index (χ1v) is 9.54. The van der Waals surface area contributed by atoms with Crippen LogP contribution in [0.3, 0.4) is 0 Å². The molecule has 0 aliphatic heterocycles. The van der Waals surface area contributed by atoms with E-state index in [-0.39, 0.29) is 42.5 Å². The third-order valence-corrected chi connectivity index (χ3v) is 4.07. The molecule has 1 aromatic heterocycles. The fourth-order valence-corrected chi connectivity index (χ4v) is 2.44. The van der Waals surface area contributed by atoms with E-state index < -0.39 is 0 Å². The summed E-state index contributed by atoms with van der Waals surface area (Å²) in [4.78, 5) is 17.7. The summed E-state index contributed by atoms with van der Waals surface area (Å²) >= 11 is 0. The minimum absolute atomic E-state index is 0. The van der Waals surface area contributed by atoms with Gasteiger partial charge in [-0.3, -0.25) is 4.79 Å². The van der Waals surface area contributed by atoms with Gasteiger partial charge in [0.05, 0.1) is 19.9 Å². The molecular weight excluding hydrogens is 499 g/mol. The number of hydrogen-bond donors (Lipinski definition) is 2. The largest absolute Gasteiger partial charge is 0.493 e. The van der Waals surface area contributed by atoms with Crippen molar-refractivity contribution in [2.24, 2.45) is 4.99 Å². The van der Waals surface area contributed by atoms with Gasteiger partial charge in [-0.25, -0.2) is 4.99 Å². The van der Waals surface area contributed by atoms with E-state index in [1.54, 1.807) is 27.5 Å². The number of ether oxygens (including phenoxy) is 2. The summed E-state index contributed by atoms with van der Waals surface area (Å²) in [5.74, 6) is 2.71. The van der Waals surface area contributed by atoms with Crippen LogP contribution in [0, 0.1) is 0 Å². The Kier molecular flexibility index (Phi) is 11.7. The van der Waals surface area contributed by atoms with E-state index in [9.17, 15) is 4.79 Å². The quantitative estimate of drug-likeness (QED) is 0.279. The molecule has 0 aliphatic carbocycles. The lowest BCUT2D eigenvalue weighted by molar-refractivity contribution is -0.127. The zero-order valence-corrected chi connectivity index (χ0v) is 20.2. The van der Waals surface area contributed by atoms with Gasteiger partial charge in [-0.1, -0.05) is 12.1 Å². The Morgan fingerprint density at radius 3 is 2.53 bits per heavy atom. The number of carbonyl (C=O) groups is 1. The topological polar surface area (TPSA) is 88.3 Å². The molecule has 0 saturated carbocycles. The minimum Gasteiger partial charge on any atom is -0.493 e. The zero-order valence-electron chi connectivity index (χ0n) is 17.9. The second-order valence-electron chi connectivity index (χ2n) is 6.67. The van der Waals surface area contributed by atoms with Crippen LogP contribution in [0.1, 0.15) is 12.7 Å². The first-order valence-electron chi connectivity index (χ1n) is 9.54. The summed E-state index contributed by atoms with van der Waals surface area (Å²) in [6.07, 6.45) is 2.21. The van der Waals surface area contributed by atoms with E-state index in [4.69, 9.17) is 13.9 Å². The van der Waals surface area contributed by atoms with Crippen LogP contribution >= 0.6 is 24.0 Å². The van der Waals surface area contributed by atoms with Crippen molar-refractivity contribution >= 4 is 35.8 Å². The van der Waals surface area contributed by atoms with Crippen molar-refractivity contribution in [1.82, 2.24) is 15.5 Å². The van der Waals surface area contributed by atoms with Crippen molar-refractivity contribution in [3.05, 3.63) is 48.4 Å². The molecule has 166 valence electrons. The monoisotopic (exact) mass is 530 g/mol. The van der Waals surface area contributed by atoms with Gasteiger partial charge in [0.15, 0.2) is 17.5 Å². The Bertz CT molecular complexity index is 781. The summed E-state index contributed by atoms with van der Waals surface area (Å²) in [5, 5.41) is 6.45. The molecular formula is C21H31IN4O4. The number of guanidine groups is 1. The average molecular weight is 530 g/mol. The number of methoxy groups -OCH3 is 1. The molecule has 1 amide bonds. The maximum absolute atomic E-state index is 11.9. The maximum atomic E-state index is 11.9. The van der Waals surface area contributed by atoms with E-state index in [2.05, 4.69) is 15.6 Å². The van der Waals surface area contributed by atoms with Crippen LogP contribution in [0.5, 0.6) is 11.5 Å². The highest BCUT2D eigenvalue weighted by Crippen LogP contribution is 2.26. The van der Waals surface area contributed by atoms with Crippen LogP contribution in [0.4, 0.5) is 0 Å². The number of aliphatic imine (C=N–C) groups is 1. The molecule has 0 aliphatic rings. The van der Waals surface area contributed by atoms with E-state index >= 15 is 0 Å². The highest BCUT2D eigenvalue weighted by atomic mass is 127. The number of carbonyl (C=O) groups excluding carboxylic acids is 1. The Morgan fingerprint density at radius 2 is 1.90 bits per heavy atom. The Balaban J connectivity index is 0.00000450. The molecule has 2 rings (SSSR count). The number of rotatable bonds is 10. The summed E-state index contributed by atoms with van der Waals surface area (Å²) in [6.45, 7) is 3.13. The summed E-state index contributed by atoms with van der Waals surface area (Å²) in [5.41, 5.74) is 0. The first kappa shape index (κ1) is 25.6. The number of hydrogen-bond acceptors (Lipinski definition) is 5. The van der Waals surface area contributed by atoms with E-state index in [1.807, 2.05) is 43.3 Å². The lowest BCUT2D eigenvalue weighted by Crippen LogP contribution is -2.43. The molecule has 1 atom stereocenters. The molecule has 8 nitrogen and oxygen atoms in total. The Hall–Kier alpha value is -2.43. The summed E-state index contributed by atoms with van der Waals surface area (Å²) in [6, 6.07) is 11.3. The molecule has 1 aromatic carbocycles. The van der Waals surface area contributed by atoms with Crippen LogP contribution in [0.15, 0.2) is 52.1 Å². The van der Waals surface area contributed by atoms with Crippen molar-refractivity contribution in [2.75, 3.05) is 40.8 Å². The molecule has 0 fully saturated rings. The number of likely N-dealkylation sites (N-methyl/N-ethyl adjacent to an activating group) is 1. The van der Waals surface area contributed by atoms with Crippen LogP contribution < -0.4 is 20.1 Å². The highest BCUT2D eigenvalue weighted by molar-refractivity contribution is 14.0. The molecule has 2 aromatic rings. The maximum Gasteiger partial charge on any atom is 0.243 e. The lowest BCUT2D eigenvalue weighted by Gasteiger charge is -2.19. The predicted molar refractivity (Wildman–Crippen MR) is 128 cm³/mol. The normalized spacial score (nSPS) is 11.8. The number of nitrogens with one attached hydrogen (secondary N) is 2. The molecule has 1 heterocycles. The SMILES string of the molecule is COc1ccccc1OC(C)CNC(=NCC(=O)N(C)C)NCCc1ccco1.I. The first-order chi connectivity index (χ1) is 14.0. The summed E-state index contributed by atoms with van der Waals surface area (Å²) in [7, 11) is 5.03.